The van der Waals surface area contributed by atoms with Crippen molar-refractivity contribution in [3.05, 3.63) is 16.9 Å². The van der Waals surface area contributed by atoms with Gasteiger partial charge in [-0.2, -0.15) is 5.10 Å². The Balaban J connectivity index is 2.09. The van der Waals surface area contributed by atoms with Crippen LogP contribution >= 0.6 is 11.6 Å². The van der Waals surface area contributed by atoms with Crippen molar-refractivity contribution in [1.29, 1.82) is 0 Å². The molecule has 4 heteroatoms. The minimum Gasteiger partial charge on any atom is -0.386 e. The second-order valence-electron chi connectivity index (χ2n) is 7.84. The first-order valence-corrected chi connectivity index (χ1v) is 8.50. The maximum Gasteiger partial charge on any atom is 0.0999 e. The first kappa shape index (κ1) is 16.8. The van der Waals surface area contributed by atoms with Crippen LogP contribution in [0.4, 0.5) is 0 Å². The number of aliphatic hydroxyl groups is 1. The molecule has 1 aliphatic carbocycles. The van der Waals surface area contributed by atoms with Crippen LogP contribution in [0.5, 0.6) is 0 Å². The van der Waals surface area contributed by atoms with Gasteiger partial charge in [-0.05, 0) is 56.8 Å². The third kappa shape index (κ3) is 3.62. The van der Waals surface area contributed by atoms with E-state index in [1.54, 1.807) is 6.20 Å². The second kappa shape index (κ2) is 6.29. The summed E-state index contributed by atoms with van der Waals surface area (Å²) < 4.78 is 1.86. The average Bonchev–Trinajstić information content (AvgIpc) is 2.79. The van der Waals surface area contributed by atoms with Crippen LogP contribution < -0.4 is 0 Å². The summed E-state index contributed by atoms with van der Waals surface area (Å²) in [5.41, 5.74) is 1.17. The van der Waals surface area contributed by atoms with Gasteiger partial charge in [-0.1, -0.05) is 32.4 Å². The summed E-state index contributed by atoms with van der Waals surface area (Å²) >= 11 is 6.26. The van der Waals surface area contributed by atoms with Crippen molar-refractivity contribution in [2.75, 3.05) is 0 Å². The molecule has 2 rings (SSSR count). The normalized spacial score (nSPS) is 25.3. The van der Waals surface area contributed by atoms with Gasteiger partial charge in [0.1, 0.15) is 0 Å². The Morgan fingerprint density at radius 2 is 1.81 bits per heavy atom. The Morgan fingerprint density at radius 1 is 1.24 bits per heavy atom. The van der Waals surface area contributed by atoms with E-state index in [0.717, 1.165) is 24.5 Å². The standard InChI is InChI=1S/C17H29ClN2O/c1-11(2)20-15(14(18)10-19-20)16(21)12-6-8-13(9-7-12)17(3,4)5/h10-13,16,21H,6-9H2,1-5H3. The lowest BCUT2D eigenvalue weighted by atomic mass is 9.68. The third-order valence-corrected chi connectivity index (χ3v) is 5.29. The molecule has 1 atom stereocenters. The smallest absolute Gasteiger partial charge is 0.0999 e. The van der Waals surface area contributed by atoms with Crippen molar-refractivity contribution in [2.24, 2.45) is 17.3 Å². The molecule has 0 aliphatic heterocycles. The Kier molecular flexibility index (Phi) is 5.04. The summed E-state index contributed by atoms with van der Waals surface area (Å²) in [6, 6.07) is 0.216. The van der Waals surface area contributed by atoms with Crippen molar-refractivity contribution in [3.63, 3.8) is 0 Å². The van der Waals surface area contributed by atoms with Crippen molar-refractivity contribution in [1.82, 2.24) is 9.78 Å². The quantitative estimate of drug-likeness (QED) is 0.852. The van der Waals surface area contributed by atoms with Gasteiger partial charge in [0.15, 0.2) is 0 Å². The van der Waals surface area contributed by atoms with Gasteiger partial charge < -0.3 is 5.11 Å². The Morgan fingerprint density at radius 3 is 2.29 bits per heavy atom. The minimum atomic E-state index is -0.497. The van der Waals surface area contributed by atoms with Gasteiger partial charge in [0.05, 0.1) is 23.0 Å². The summed E-state index contributed by atoms with van der Waals surface area (Å²) in [7, 11) is 0. The maximum atomic E-state index is 10.8. The zero-order valence-electron chi connectivity index (χ0n) is 13.9. The largest absolute Gasteiger partial charge is 0.386 e. The highest BCUT2D eigenvalue weighted by Crippen LogP contribution is 2.44. The molecule has 1 saturated carbocycles. The van der Waals surface area contributed by atoms with E-state index < -0.39 is 6.10 Å². The van der Waals surface area contributed by atoms with E-state index in [4.69, 9.17) is 11.6 Å². The summed E-state index contributed by atoms with van der Waals surface area (Å²) in [6.07, 6.45) is 5.69. The van der Waals surface area contributed by atoms with Crippen LogP contribution in [0.25, 0.3) is 0 Å². The molecule has 1 heterocycles. The molecule has 1 aromatic rings. The van der Waals surface area contributed by atoms with Crippen molar-refractivity contribution in [3.8, 4) is 0 Å². The van der Waals surface area contributed by atoms with E-state index >= 15 is 0 Å². The van der Waals surface area contributed by atoms with E-state index in [0.29, 0.717) is 16.4 Å². The van der Waals surface area contributed by atoms with Crippen LogP contribution in [0.15, 0.2) is 6.20 Å². The Bertz CT molecular complexity index is 468. The maximum absolute atomic E-state index is 10.8. The summed E-state index contributed by atoms with van der Waals surface area (Å²) in [6.45, 7) is 11.1. The number of nitrogens with zero attached hydrogens (tertiary/aromatic N) is 2. The molecule has 0 amide bonds. The fourth-order valence-corrected chi connectivity index (χ4v) is 3.81. The molecular weight excluding hydrogens is 284 g/mol. The molecular formula is C17H29ClN2O. The van der Waals surface area contributed by atoms with Crippen LogP contribution in [-0.2, 0) is 0 Å². The summed E-state index contributed by atoms with van der Waals surface area (Å²) in [4.78, 5) is 0. The second-order valence-corrected chi connectivity index (χ2v) is 8.25. The molecule has 0 aromatic carbocycles. The van der Waals surface area contributed by atoms with Crippen molar-refractivity contribution in [2.45, 2.75) is 72.4 Å². The highest BCUT2D eigenvalue weighted by atomic mass is 35.5. The van der Waals surface area contributed by atoms with Crippen LogP contribution in [0, 0.1) is 17.3 Å². The number of aromatic nitrogens is 2. The molecule has 0 radical (unpaired) electrons. The molecule has 0 bridgehead atoms. The highest BCUT2D eigenvalue weighted by molar-refractivity contribution is 6.31. The predicted molar refractivity (Wildman–Crippen MR) is 87.5 cm³/mol. The fourth-order valence-electron chi connectivity index (χ4n) is 3.56. The number of hydrogen-bond donors (Lipinski definition) is 1. The molecule has 1 aromatic heterocycles. The van der Waals surface area contributed by atoms with E-state index in [9.17, 15) is 5.11 Å². The lowest BCUT2D eigenvalue weighted by Gasteiger charge is -2.38. The van der Waals surface area contributed by atoms with Gasteiger partial charge in [-0.3, -0.25) is 4.68 Å². The Hall–Kier alpha value is -0.540. The van der Waals surface area contributed by atoms with Crippen molar-refractivity contribution >= 4 is 11.6 Å². The van der Waals surface area contributed by atoms with Crippen LogP contribution in [-0.4, -0.2) is 14.9 Å². The molecule has 1 fully saturated rings. The van der Waals surface area contributed by atoms with Gasteiger partial charge in [-0.15, -0.1) is 0 Å². The van der Waals surface area contributed by atoms with Crippen LogP contribution in [0.2, 0.25) is 5.02 Å². The molecule has 21 heavy (non-hydrogen) atoms. The van der Waals surface area contributed by atoms with Gasteiger partial charge in [0, 0.05) is 6.04 Å². The van der Waals surface area contributed by atoms with Crippen LogP contribution in [0.3, 0.4) is 0 Å². The third-order valence-electron chi connectivity index (χ3n) is 5.00. The summed E-state index contributed by atoms with van der Waals surface area (Å²) in [5, 5.41) is 15.7. The number of halogens is 1. The monoisotopic (exact) mass is 312 g/mol. The zero-order chi connectivity index (χ0) is 15.8. The predicted octanol–water partition coefficient (Wildman–Crippen LogP) is 5.00. The van der Waals surface area contributed by atoms with Gasteiger partial charge in [-0.25, -0.2) is 0 Å². The minimum absolute atomic E-state index is 0.216. The molecule has 120 valence electrons. The summed E-state index contributed by atoms with van der Waals surface area (Å²) in [5.74, 6) is 1.06. The van der Waals surface area contributed by atoms with Gasteiger partial charge >= 0.3 is 0 Å². The number of rotatable bonds is 3. The highest BCUT2D eigenvalue weighted by Gasteiger charge is 2.34. The van der Waals surface area contributed by atoms with E-state index in [1.807, 2.05) is 4.68 Å². The molecule has 1 N–H and O–H groups in total. The molecule has 3 nitrogen and oxygen atoms in total. The molecule has 1 aliphatic rings. The number of aliphatic hydroxyl groups excluding tert-OH is 1. The first-order chi connectivity index (χ1) is 9.71. The van der Waals surface area contributed by atoms with E-state index in [2.05, 4.69) is 39.7 Å². The van der Waals surface area contributed by atoms with E-state index in [1.165, 1.54) is 12.8 Å². The average molecular weight is 313 g/mol. The zero-order valence-corrected chi connectivity index (χ0v) is 14.7. The van der Waals surface area contributed by atoms with Gasteiger partial charge in [0.2, 0.25) is 0 Å². The van der Waals surface area contributed by atoms with E-state index in [-0.39, 0.29) is 6.04 Å². The molecule has 0 spiro atoms. The lowest BCUT2D eigenvalue weighted by molar-refractivity contribution is 0.0466. The lowest BCUT2D eigenvalue weighted by Crippen LogP contribution is -2.29. The van der Waals surface area contributed by atoms with Crippen LogP contribution in [0.1, 0.15) is 78.1 Å². The van der Waals surface area contributed by atoms with Crippen molar-refractivity contribution < 1.29 is 5.11 Å². The topological polar surface area (TPSA) is 38.0 Å². The first-order valence-electron chi connectivity index (χ1n) is 8.12. The Labute approximate surface area is 133 Å². The SMILES string of the molecule is CC(C)n1ncc(Cl)c1C(O)C1CCC(C(C)(C)C)CC1. The molecule has 0 saturated heterocycles. The fraction of sp³-hybridized carbons (Fsp3) is 0.824. The number of hydrogen-bond acceptors (Lipinski definition) is 2. The molecule has 1 unspecified atom stereocenters. The van der Waals surface area contributed by atoms with Gasteiger partial charge in [0.25, 0.3) is 0 Å².